The Morgan fingerprint density at radius 3 is 2.59 bits per heavy atom. The molecular formula is C24H20ClF3N4O2. The number of alkyl halides is 3. The first-order valence-corrected chi connectivity index (χ1v) is 11.3. The number of hydrogen-bond donors (Lipinski definition) is 2. The minimum Gasteiger partial charge on any atom is -0.351 e. The number of aromatic nitrogens is 3. The van der Waals surface area contributed by atoms with E-state index in [1.54, 1.807) is 18.2 Å². The topological polar surface area (TPSA) is 87.7 Å². The average Bonchev–Trinajstić information content (AvgIpc) is 3.70. The van der Waals surface area contributed by atoms with Crippen molar-refractivity contribution in [1.29, 1.82) is 0 Å². The number of H-pyrrole nitrogens is 1. The van der Waals surface area contributed by atoms with Crippen molar-refractivity contribution in [3.63, 3.8) is 0 Å². The fourth-order valence-corrected chi connectivity index (χ4v) is 4.18. The number of carbonyl (C=O) groups excluding carboxylic acids is 1. The Morgan fingerprint density at radius 1 is 1.15 bits per heavy atom. The molecule has 1 heterocycles. The second-order valence-electron chi connectivity index (χ2n) is 8.80. The van der Waals surface area contributed by atoms with Crippen LogP contribution in [-0.2, 0) is 11.3 Å². The van der Waals surface area contributed by atoms with Crippen LogP contribution in [0.15, 0.2) is 47.3 Å². The summed E-state index contributed by atoms with van der Waals surface area (Å²) in [5, 5.41) is 2.66. The summed E-state index contributed by atoms with van der Waals surface area (Å²) in [5.74, 6) is -0.0875. The van der Waals surface area contributed by atoms with Crippen molar-refractivity contribution in [2.75, 3.05) is 0 Å². The molecule has 2 N–H and O–H groups in total. The number of benzene rings is 2. The molecule has 2 aliphatic carbocycles. The van der Waals surface area contributed by atoms with Crippen LogP contribution >= 0.6 is 11.6 Å². The molecule has 2 aromatic carbocycles. The van der Waals surface area contributed by atoms with E-state index in [-0.39, 0.29) is 36.1 Å². The van der Waals surface area contributed by atoms with Gasteiger partial charge in [0.1, 0.15) is 11.2 Å². The highest BCUT2D eigenvalue weighted by atomic mass is 35.5. The highest BCUT2D eigenvalue weighted by molar-refractivity contribution is 6.33. The van der Waals surface area contributed by atoms with Gasteiger partial charge in [-0.15, -0.1) is 0 Å². The molecule has 1 aromatic heterocycles. The van der Waals surface area contributed by atoms with Crippen LogP contribution in [0.1, 0.15) is 42.7 Å². The Bertz CT molecular complexity index is 1330. The monoisotopic (exact) mass is 488 g/mol. The van der Waals surface area contributed by atoms with E-state index in [0.717, 1.165) is 12.8 Å². The van der Waals surface area contributed by atoms with E-state index in [0.29, 0.717) is 22.6 Å². The summed E-state index contributed by atoms with van der Waals surface area (Å²) in [6.45, 7) is -0.119. The lowest BCUT2D eigenvalue weighted by Gasteiger charge is -2.18. The molecule has 2 saturated carbocycles. The molecule has 0 radical (unpaired) electrons. The van der Waals surface area contributed by atoms with Crippen molar-refractivity contribution < 1.29 is 18.0 Å². The van der Waals surface area contributed by atoms with Gasteiger partial charge in [-0.05, 0) is 60.9 Å². The molecule has 0 bridgehead atoms. The molecule has 0 unspecified atom stereocenters. The maximum Gasteiger partial charge on any atom is 0.403 e. The van der Waals surface area contributed by atoms with Gasteiger partial charge < -0.3 is 5.32 Å². The molecule has 10 heteroatoms. The van der Waals surface area contributed by atoms with Gasteiger partial charge in [0.05, 0.1) is 5.02 Å². The van der Waals surface area contributed by atoms with Gasteiger partial charge in [-0.3, -0.25) is 9.78 Å². The standard InChI is InChI=1S/C24H20ClF3N4O2/c25-18-7-4-13(12-29-21(33)23(8-9-23)24(26,27)28)10-17(18)20-30-19(31-22(34)32-20)16-3-1-2-15(11-16)14-5-6-14/h1-4,7,10-11,14H,5-6,8-9,12H2,(H,29,33)(H,30,31,32,34). The van der Waals surface area contributed by atoms with Gasteiger partial charge in [-0.1, -0.05) is 35.9 Å². The van der Waals surface area contributed by atoms with Crippen LogP contribution < -0.4 is 11.0 Å². The van der Waals surface area contributed by atoms with Crippen molar-refractivity contribution in [2.45, 2.75) is 44.3 Å². The van der Waals surface area contributed by atoms with Crippen LogP contribution in [0.5, 0.6) is 0 Å². The van der Waals surface area contributed by atoms with Gasteiger partial charge >= 0.3 is 11.9 Å². The van der Waals surface area contributed by atoms with Crippen LogP contribution in [0.25, 0.3) is 22.8 Å². The normalized spacial score (nSPS) is 16.8. The third kappa shape index (κ3) is 4.32. The van der Waals surface area contributed by atoms with Crippen LogP contribution in [-0.4, -0.2) is 27.0 Å². The first-order valence-electron chi connectivity index (χ1n) is 10.9. The fourth-order valence-electron chi connectivity index (χ4n) is 3.97. The Balaban J connectivity index is 1.41. The van der Waals surface area contributed by atoms with Crippen molar-refractivity contribution in [3.05, 3.63) is 69.1 Å². The summed E-state index contributed by atoms with van der Waals surface area (Å²) in [5.41, 5.74) is -0.118. The molecule has 34 heavy (non-hydrogen) atoms. The summed E-state index contributed by atoms with van der Waals surface area (Å²) in [6.07, 6.45) is -2.72. The van der Waals surface area contributed by atoms with Crippen LogP contribution in [0.2, 0.25) is 5.02 Å². The molecule has 1 amide bonds. The second-order valence-corrected chi connectivity index (χ2v) is 9.21. The smallest absolute Gasteiger partial charge is 0.351 e. The van der Waals surface area contributed by atoms with E-state index in [1.807, 2.05) is 24.3 Å². The van der Waals surface area contributed by atoms with Crippen molar-refractivity contribution >= 4 is 17.5 Å². The first-order chi connectivity index (χ1) is 16.2. The third-order valence-electron chi connectivity index (χ3n) is 6.31. The summed E-state index contributed by atoms with van der Waals surface area (Å²) < 4.78 is 39.5. The van der Waals surface area contributed by atoms with Crippen LogP contribution in [0.4, 0.5) is 13.2 Å². The highest BCUT2D eigenvalue weighted by Crippen LogP contribution is 2.57. The largest absolute Gasteiger partial charge is 0.403 e. The molecule has 5 rings (SSSR count). The van der Waals surface area contributed by atoms with Crippen molar-refractivity contribution in [1.82, 2.24) is 20.3 Å². The van der Waals surface area contributed by atoms with Crippen molar-refractivity contribution in [3.8, 4) is 22.8 Å². The fraction of sp³-hybridized carbons (Fsp3) is 0.333. The minimum absolute atomic E-state index is 0.119. The van der Waals surface area contributed by atoms with E-state index in [9.17, 15) is 22.8 Å². The summed E-state index contributed by atoms with van der Waals surface area (Å²) in [6, 6.07) is 12.5. The molecule has 2 fully saturated rings. The molecular weight excluding hydrogens is 469 g/mol. The minimum atomic E-state index is -4.57. The quantitative estimate of drug-likeness (QED) is 0.512. The van der Waals surface area contributed by atoms with Gasteiger partial charge in [-0.25, -0.2) is 9.78 Å². The third-order valence-corrected chi connectivity index (χ3v) is 6.64. The lowest BCUT2D eigenvalue weighted by molar-refractivity contribution is -0.192. The maximum absolute atomic E-state index is 13.2. The Labute approximate surface area is 197 Å². The van der Waals surface area contributed by atoms with E-state index >= 15 is 0 Å². The van der Waals surface area contributed by atoms with Gasteiger partial charge in [0.15, 0.2) is 5.82 Å². The van der Waals surface area contributed by atoms with Gasteiger partial charge in [0.2, 0.25) is 5.91 Å². The molecule has 3 aromatic rings. The number of amides is 1. The molecule has 0 spiro atoms. The zero-order valence-electron chi connectivity index (χ0n) is 17.9. The number of aromatic amines is 1. The predicted molar refractivity (Wildman–Crippen MR) is 120 cm³/mol. The number of nitrogens with one attached hydrogen (secondary N) is 2. The molecule has 176 valence electrons. The lowest BCUT2D eigenvalue weighted by atomic mass is 10.1. The van der Waals surface area contributed by atoms with Gasteiger partial charge in [-0.2, -0.15) is 18.2 Å². The van der Waals surface area contributed by atoms with Crippen molar-refractivity contribution in [2.24, 2.45) is 5.41 Å². The molecule has 2 aliphatic rings. The van der Waals surface area contributed by atoms with Crippen LogP contribution in [0, 0.1) is 5.41 Å². The average molecular weight is 489 g/mol. The number of nitrogens with zero attached hydrogens (tertiary/aromatic N) is 2. The SMILES string of the molecule is O=C(NCc1ccc(Cl)c(-c2nc(-c3cccc(C4CC4)c3)nc(=O)[nH]2)c1)C1(C(F)(F)F)CC1. The van der Waals surface area contributed by atoms with E-state index in [4.69, 9.17) is 11.6 Å². The Kier molecular flexibility index (Phi) is 5.47. The Morgan fingerprint density at radius 2 is 1.91 bits per heavy atom. The maximum atomic E-state index is 13.2. The van der Waals surface area contributed by atoms with Gasteiger partial charge in [0.25, 0.3) is 0 Å². The zero-order valence-corrected chi connectivity index (χ0v) is 18.6. The lowest BCUT2D eigenvalue weighted by Crippen LogP contribution is -2.40. The Hall–Kier alpha value is -3.20. The molecule has 0 aliphatic heterocycles. The summed E-state index contributed by atoms with van der Waals surface area (Å²) in [7, 11) is 0. The number of rotatable bonds is 6. The zero-order chi connectivity index (χ0) is 24.1. The molecule has 0 saturated heterocycles. The van der Waals surface area contributed by atoms with Crippen LogP contribution in [0.3, 0.4) is 0 Å². The summed E-state index contributed by atoms with van der Waals surface area (Å²) in [4.78, 5) is 35.5. The second kappa shape index (κ2) is 8.23. The number of hydrogen-bond acceptors (Lipinski definition) is 4. The van der Waals surface area contributed by atoms with E-state index < -0.39 is 23.2 Å². The number of halogens is 4. The number of carbonyl (C=O) groups is 1. The predicted octanol–water partition coefficient (Wildman–Crippen LogP) is 4.99. The first kappa shape index (κ1) is 22.6. The van der Waals surface area contributed by atoms with E-state index in [1.165, 1.54) is 5.56 Å². The van der Waals surface area contributed by atoms with Gasteiger partial charge in [0, 0.05) is 17.7 Å². The summed E-state index contributed by atoms with van der Waals surface area (Å²) >= 11 is 6.34. The molecule has 6 nitrogen and oxygen atoms in total. The molecule has 0 atom stereocenters. The highest BCUT2D eigenvalue weighted by Gasteiger charge is 2.68. The van der Waals surface area contributed by atoms with E-state index in [2.05, 4.69) is 20.3 Å².